The lowest BCUT2D eigenvalue weighted by Crippen LogP contribution is -2.38. The van der Waals surface area contributed by atoms with Crippen LogP contribution in [0.4, 0.5) is 40.9 Å². The fourth-order valence-corrected chi connectivity index (χ4v) is 9.63. The molecule has 0 unspecified atom stereocenters. The molecule has 0 aliphatic heterocycles. The van der Waals surface area contributed by atoms with Crippen LogP contribution in [0.25, 0.3) is 38.8 Å². The maximum absolute atomic E-state index is 15.6. The Morgan fingerprint density at radius 3 is 2.35 bits per heavy atom. The Morgan fingerprint density at radius 1 is 0.955 bits per heavy atom. The number of pyridine rings is 1. The SMILES string of the molecule is Cc1cc(C)nc(-c2ccc3c(=O)n(-c4ccc(Cl)c5c(NS(C)(=O)=O)nn(CC(F)F)c45)c([C@H](Cc4cc(F)cc(F)c4)NC(=O)Cn4nc(C(F)F)c5c4C(F)(F)[C@@H]4C[C@H]54)nc3c2)c1. The Labute approximate surface area is 373 Å². The molecular formula is C43H34ClF8N9O4S. The van der Waals surface area contributed by atoms with Gasteiger partial charge in [0.2, 0.25) is 15.9 Å². The molecule has 2 aliphatic carbocycles. The van der Waals surface area contributed by atoms with Gasteiger partial charge in [0.25, 0.3) is 24.3 Å². The van der Waals surface area contributed by atoms with Gasteiger partial charge in [0.15, 0.2) is 5.82 Å². The Kier molecular flexibility index (Phi) is 11.0. The van der Waals surface area contributed by atoms with Crippen molar-refractivity contribution in [3.05, 3.63) is 127 Å². The number of halogens is 9. The topological polar surface area (TPSA) is 159 Å². The lowest BCUT2D eigenvalue weighted by atomic mass is 10.0. The second-order valence-electron chi connectivity index (χ2n) is 16.4. The first kappa shape index (κ1) is 44.8. The highest BCUT2D eigenvalue weighted by molar-refractivity contribution is 7.92. The number of nitrogens with one attached hydrogen (secondary N) is 2. The van der Waals surface area contributed by atoms with E-state index in [1.54, 1.807) is 19.1 Å². The van der Waals surface area contributed by atoms with Gasteiger partial charge in [-0.3, -0.25) is 33.2 Å². The summed E-state index contributed by atoms with van der Waals surface area (Å²) in [4.78, 5) is 38.8. The molecule has 3 aromatic carbocycles. The summed E-state index contributed by atoms with van der Waals surface area (Å²) in [6, 6.07) is 11.3. The molecule has 1 saturated carbocycles. The zero-order valence-electron chi connectivity index (χ0n) is 34.6. The predicted molar refractivity (Wildman–Crippen MR) is 226 cm³/mol. The standard InChI is InChI=1S/C43H34ClF8N9O4S/c1-18-8-19(2)53-28(9-18)21-4-5-24-29(13-21)55-41(61(42(24)63)31-7-6-27(44)35-37(31)59(16-32(47)48)57-40(35)58-66(3,64)65)30(12-20-10-22(45)14-23(46)11-20)54-33(62)17-60-38-34(36(56-60)39(49)50)25-15-26(25)43(38,51)52/h4-11,13-14,25-26,30,32,39H,12,15-17H2,1-3H3,(H,54,62)(H,57,58)/t25-,26+,30-/m0/s1. The fourth-order valence-electron chi connectivity index (χ4n) is 8.90. The molecule has 0 bridgehead atoms. The van der Waals surface area contributed by atoms with Gasteiger partial charge in [-0.2, -0.15) is 19.0 Å². The Balaban J connectivity index is 1.29. The summed E-state index contributed by atoms with van der Waals surface area (Å²) in [6.45, 7) is 1.39. The molecule has 1 fully saturated rings. The third-order valence-electron chi connectivity index (χ3n) is 11.4. The number of hydrogen-bond acceptors (Lipinski definition) is 8. The molecule has 3 atom stereocenters. The van der Waals surface area contributed by atoms with Crippen LogP contribution in [0.5, 0.6) is 0 Å². The summed E-state index contributed by atoms with van der Waals surface area (Å²) in [5, 5.41) is 9.87. The Bertz CT molecular complexity index is 3300. The van der Waals surface area contributed by atoms with E-state index in [1.165, 1.54) is 24.3 Å². The van der Waals surface area contributed by atoms with Gasteiger partial charge in [-0.05, 0) is 85.8 Å². The Hall–Kier alpha value is -6.42. The van der Waals surface area contributed by atoms with Crippen LogP contribution in [0, 0.1) is 31.4 Å². The second-order valence-corrected chi connectivity index (χ2v) is 18.5. The van der Waals surface area contributed by atoms with Crippen molar-refractivity contribution in [2.24, 2.45) is 5.92 Å². The fraction of sp³-hybridized carbons (Fsp3) is 0.302. The van der Waals surface area contributed by atoms with E-state index in [2.05, 4.69) is 25.2 Å². The molecule has 2 aliphatic rings. The van der Waals surface area contributed by atoms with E-state index in [4.69, 9.17) is 16.6 Å². The zero-order valence-corrected chi connectivity index (χ0v) is 36.1. The number of aromatic nitrogens is 7. The highest BCUT2D eigenvalue weighted by atomic mass is 35.5. The highest BCUT2D eigenvalue weighted by Gasteiger charge is 2.67. The number of anilines is 1. The minimum atomic E-state index is -4.13. The number of amides is 1. The number of fused-ring (bicyclic) bond motifs is 5. The molecule has 344 valence electrons. The summed E-state index contributed by atoms with van der Waals surface area (Å²) in [5.74, 6) is -9.88. The lowest BCUT2D eigenvalue weighted by molar-refractivity contribution is -0.123. The van der Waals surface area contributed by atoms with Crippen molar-refractivity contribution >= 4 is 55.2 Å². The summed E-state index contributed by atoms with van der Waals surface area (Å²) in [6.07, 6.45) is -6.20. The average molecular weight is 960 g/mol. The van der Waals surface area contributed by atoms with Crippen LogP contribution in [-0.4, -0.2) is 61.1 Å². The van der Waals surface area contributed by atoms with Crippen molar-refractivity contribution in [1.82, 2.24) is 39.4 Å². The number of hydrogen-bond donors (Lipinski definition) is 2. The van der Waals surface area contributed by atoms with Crippen molar-refractivity contribution in [2.75, 3.05) is 11.0 Å². The van der Waals surface area contributed by atoms with Crippen LogP contribution < -0.4 is 15.6 Å². The number of nitrogens with zero attached hydrogens (tertiary/aromatic N) is 7. The van der Waals surface area contributed by atoms with Crippen LogP contribution in [-0.2, 0) is 40.3 Å². The van der Waals surface area contributed by atoms with Crippen LogP contribution in [0.15, 0.2) is 65.5 Å². The van der Waals surface area contributed by atoms with Crippen molar-refractivity contribution in [3.63, 3.8) is 0 Å². The first-order chi connectivity index (χ1) is 31.1. The molecule has 4 heterocycles. The highest BCUT2D eigenvalue weighted by Crippen LogP contribution is 2.68. The molecular weight excluding hydrogens is 926 g/mol. The smallest absolute Gasteiger partial charge is 0.293 e. The van der Waals surface area contributed by atoms with E-state index in [1.807, 2.05) is 13.0 Å². The summed E-state index contributed by atoms with van der Waals surface area (Å²) >= 11 is 6.59. The molecule has 2 N–H and O–H groups in total. The molecule has 9 rings (SSSR count). The maximum Gasteiger partial charge on any atom is 0.293 e. The van der Waals surface area contributed by atoms with Gasteiger partial charge >= 0.3 is 0 Å². The monoisotopic (exact) mass is 959 g/mol. The Morgan fingerprint density at radius 2 is 1.68 bits per heavy atom. The van der Waals surface area contributed by atoms with E-state index in [0.717, 1.165) is 28.5 Å². The van der Waals surface area contributed by atoms with Gasteiger partial charge in [-0.25, -0.2) is 39.7 Å². The van der Waals surface area contributed by atoms with E-state index in [0.29, 0.717) is 32.4 Å². The molecule has 66 heavy (non-hydrogen) atoms. The lowest BCUT2D eigenvalue weighted by Gasteiger charge is -2.24. The van der Waals surface area contributed by atoms with E-state index in [9.17, 15) is 39.6 Å². The summed E-state index contributed by atoms with van der Waals surface area (Å²) in [5.41, 5.74) is -1.27. The number of rotatable bonds is 13. The van der Waals surface area contributed by atoms with Gasteiger partial charge in [0.1, 0.15) is 41.9 Å². The first-order valence-corrected chi connectivity index (χ1v) is 22.3. The van der Waals surface area contributed by atoms with Gasteiger partial charge < -0.3 is 5.32 Å². The van der Waals surface area contributed by atoms with Crippen LogP contribution in [0.2, 0.25) is 5.02 Å². The average Bonchev–Trinajstić information content (AvgIpc) is 3.73. The second kappa shape index (κ2) is 16.2. The third-order valence-corrected chi connectivity index (χ3v) is 12.3. The van der Waals surface area contributed by atoms with E-state index < -0.39 is 112 Å². The maximum atomic E-state index is 15.6. The van der Waals surface area contributed by atoms with Gasteiger partial charge in [-0.15, -0.1) is 0 Å². The summed E-state index contributed by atoms with van der Waals surface area (Å²) in [7, 11) is -4.13. The van der Waals surface area contributed by atoms with Gasteiger partial charge in [0, 0.05) is 35.2 Å². The molecule has 7 aromatic rings. The predicted octanol–water partition coefficient (Wildman–Crippen LogP) is 8.43. The van der Waals surface area contributed by atoms with Gasteiger partial charge in [-0.1, -0.05) is 17.7 Å². The molecule has 23 heteroatoms. The largest absolute Gasteiger partial charge is 0.344 e. The number of alkyl halides is 6. The van der Waals surface area contributed by atoms with E-state index >= 15 is 13.6 Å². The number of carbonyl (C=O) groups excluding carboxylic acids is 1. The van der Waals surface area contributed by atoms with Crippen molar-refractivity contribution in [3.8, 4) is 16.9 Å². The summed E-state index contributed by atoms with van der Waals surface area (Å²) < 4.78 is 147. The van der Waals surface area contributed by atoms with E-state index in [-0.39, 0.29) is 50.1 Å². The third kappa shape index (κ3) is 8.13. The quantitative estimate of drug-likeness (QED) is 0.109. The molecule has 13 nitrogen and oxygen atoms in total. The zero-order chi connectivity index (χ0) is 47.3. The normalized spacial score (nSPS) is 16.9. The molecule has 1 amide bonds. The minimum Gasteiger partial charge on any atom is -0.344 e. The number of sulfonamides is 1. The van der Waals surface area contributed by atoms with Crippen molar-refractivity contribution in [2.45, 2.75) is 70.5 Å². The van der Waals surface area contributed by atoms with Crippen molar-refractivity contribution < 1.29 is 48.3 Å². The molecule has 0 radical (unpaired) electrons. The molecule has 4 aromatic heterocycles. The number of carbonyl (C=O) groups is 1. The van der Waals surface area contributed by atoms with Gasteiger partial charge in [0.05, 0.1) is 50.5 Å². The minimum absolute atomic E-state index is 0.0227. The molecule has 0 saturated heterocycles. The van der Waals surface area contributed by atoms with Crippen molar-refractivity contribution in [1.29, 1.82) is 0 Å². The molecule has 0 spiro atoms. The van der Waals surface area contributed by atoms with Crippen LogP contribution in [0.3, 0.4) is 0 Å². The number of benzene rings is 3. The first-order valence-electron chi connectivity index (χ1n) is 20.1. The van der Waals surface area contributed by atoms with Crippen LogP contribution in [0.1, 0.15) is 64.4 Å². The van der Waals surface area contributed by atoms with Crippen LogP contribution >= 0.6 is 11.6 Å². The number of aryl methyl sites for hydroxylation is 2.